The van der Waals surface area contributed by atoms with Crippen LogP contribution in [0.3, 0.4) is 0 Å². The maximum absolute atomic E-state index is 12.3. The highest BCUT2D eigenvalue weighted by atomic mass is 16.6. The second-order valence-corrected chi connectivity index (χ2v) is 9.56. The van der Waals surface area contributed by atoms with Crippen molar-refractivity contribution in [1.82, 2.24) is 13.7 Å². The van der Waals surface area contributed by atoms with E-state index in [2.05, 4.69) is 6.58 Å². The molecule has 14 heteroatoms. The summed E-state index contributed by atoms with van der Waals surface area (Å²) in [5.74, 6) is -0.849. The molecule has 0 spiro atoms. The van der Waals surface area contributed by atoms with Crippen LogP contribution >= 0.6 is 0 Å². The second-order valence-electron chi connectivity index (χ2n) is 9.56. The first kappa shape index (κ1) is 27.7. The zero-order valence-electron chi connectivity index (χ0n) is 21.6. The van der Waals surface area contributed by atoms with E-state index in [9.17, 15) is 24.0 Å². The van der Waals surface area contributed by atoms with Crippen LogP contribution in [0.5, 0.6) is 0 Å². The van der Waals surface area contributed by atoms with Gasteiger partial charge in [0.1, 0.15) is 25.4 Å². The highest BCUT2D eigenvalue weighted by molar-refractivity contribution is 5.93. The van der Waals surface area contributed by atoms with Crippen molar-refractivity contribution in [3.63, 3.8) is 0 Å². The van der Waals surface area contributed by atoms with E-state index in [-0.39, 0.29) is 57.3 Å². The van der Waals surface area contributed by atoms with Crippen LogP contribution in [0.15, 0.2) is 51.3 Å². The van der Waals surface area contributed by atoms with Gasteiger partial charge in [-0.2, -0.15) is 0 Å². The minimum Gasteiger partial charge on any atom is -0.459 e. The lowest BCUT2D eigenvalue weighted by atomic mass is 10.1. The lowest BCUT2D eigenvalue weighted by Gasteiger charge is -2.11. The van der Waals surface area contributed by atoms with Crippen LogP contribution in [0.4, 0.5) is 0 Å². The number of nitrogens with zero attached hydrogens (tertiary/aromatic N) is 3. The fourth-order valence-corrected chi connectivity index (χ4v) is 3.61. The Morgan fingerprint density at radius 3 is 1.38 bits per heavy atom. The summed E-state index contributed by atoms with van der Waals surface area (Å²) in [4.78, 5) is 60.0. The number of carbonyl (C=O) groups is 2. The van der Waals surface area contributed by atoms with Crippen molar-refractivity contribution in [2.75, 3.05) is 39.6 Å². The topological polar surface area (TPSA) is 169 Å². The highest BCUT2D eigenvalue weighted by Crippen LogP contribution is 2.14. The van der Waals surface area contributed by atoms with E-state index in [4.69, 9.17) is 28.4 Å². The zero-order valence-corrected chi connectivity index (χ0v) is 21.6. The molecule has 2 aromatic rings. The van der Waals surface area contributed by atoms with E-state index in [1.807, 2.05) is 0 Å². The summed E-state index contributed by atoms with van der Waals surface area (Å²) >= 11 is 0. The molecular formula is C26H29N3O11. The molecule has 40 heavy (non-hydrogen) atoms. The Balaban J connectivity index is 0.000000161. The number of rotatable bonds is 12. The maximum atomic E-state index is 12.3. The summed E-state index contributed by atoms with van der Waals surface area (Å²) < 4.78 is 33.2. The second kappa shape index (κ2) is 12.1. The summed E-state index contributed by atoms with van der Waals surface area (Å²) in [7, 11) is 0. The number of ether oxygens (including phenoxy) is 6. The third-order valence-corrected chi connectivity index (χ3v) is 6.24. The number of epoxide rings is 4. The van der Waals surface area contributed by atoms with Crippen LogP contribution in [0.2, 0.25) is 0 Å². The summed E-state index contributed by atoms with van der Waals surface area (Å²) in [6.45, 7) is 6.79. The molecular weight excluding hydrogens is 530 g/mol. The third kappa shape index (κ3) is 7.41. The van der Waals surface area contributed by atoms with Crippen molar-refractivity contribution in [2.45, 2.75) is 44.1 Å². The van der Waals surface area contributed by atoms with Gasteiger partial charge >= 0.3 is 29.0 Å². The molecule has 4 fully saturated rings. The standard InChI is InChI=1S/C14H14O6.C12H15N3O5/c15-13(19-7-11-5-17-11)9-1-2-10(4-3-9)14(16)20-8-12-6-18-12;1-2-3-13-10(16)14(4-8-6-19-8)12(18)15(11(13)17)5-9-7-20-9/h1-4,11-12H,5-8H2;2,8-9H,1,3-7H2. The number of benzene rings is 1. The predicted molar refractivity (Wildman–Crippen MR) is 135 cm³/mol. The molecule has 0 amide bonds. The SMILES string of the molecule is C=CCn1c(=O)n(CC2CO2)c(=O)n(CC2CO2)c1=O.O=C(OCC1CO1)c1ccc(C(=O)OCC2CO2)cc1. The Kier molecular flexibility index (Phi) is 8.40. The van der Waals surface area contributed by atoms with Gasteiger partial charge in [-0.25, -0.2) is 37.7 Å². The zero-order chi connectivity index (χ0) is 28.2. The van der Waals surface area contributed by atoms with Gasteiger partial charge in [0.2, 0.25) is 0 Å². The predicted octanol–water partition coefficient (Wildman–Crippen LogP) is -1.05. The molecule has 4 atom stereocenters. The molecule has 6 rings (SSSR count). The molecule has 0 radical (unpaired) electrons. The van der Waals surface area contributed by atoms with Crippen LogP contribution < -0.4 is 17.1 Å². The van der Waals surface area contributed by atoms with Gasteiger partial charge in [0.25, 0.3) is 0 Å². The molecule has 4 aliphatic rings. The minimum absolute atomic E-state index is 0.0397. The van der Waals surface area contributed by atoms with Crippen molar-refractivity contribution in [3.05, 3.63) is 79.5 Å². The number of aromatic nitrogens is 3. The molecule has 214 valence electrons. The first-order chi connectivity index (χ1) is 19.3. The van der Waals surface area contributed by atoms with Crippen LogP contribution in [-0.2, 0) is 48.1 Å². The molecule has 1 aromatic heterocycles. The smallest absolute Gasteiger partial charge is 0.338 e. The van der Waals surface area contributed by atoms with E-state index in [0.29, 0.717) is 37.6 Å². The monoisotopic (exact) mass is 559 g/mol. The lowest BCUT2D eigenvalue weighted by molar-refractivity contribution is 0.0463. The van der Waals surface area contributed by atoms with Crippen molar-refractivity contribution in [2.24, 2.45) is 0 Å². The van der Waals surface area contributed by atoms with Crippen LogP contribution in [0, 0.1) is 0 Å². The Morgan fingerprint density at radius 2 is 1.05 bits per heavy atom. The Hall–Kier alpha value is -3.85. The van der Waals surface area contributed by atoms with Crippen LogP contribution in [-0.4, -0.2) is 89.7 Å². The lowest BCUT2D eigenvalue weighted by Crippen LogP contribution is -2.55. The fourth-order valence-electron chi connectivity index (χ4n) is 3.61. The molecule has 4 aliphatic heterocycles. The van der Waals surface area contributed by atoms with E-state index in [1.54, 1.807) is 24.3 Å². The van der Waals surface area contributed by atoms with Gasteiger partial charge in [-0.15, -0.1) is 6.58 Å². The van der Waals surface area contributed by atoms with E-state index >= 15 is 0 Å². The Bertz CT molecular complexity index is 1330. The van der Waals surface area contributed by atoms with Crippen molar-refractivity contribution < 1.29 is 38.0 Å². The van der Waals surface area contributed by atoms with Gasteiger partial charge in [-0.3, -0.25) is 0 Å². The molecule has 14 nitrogen and oxygen atoms in total. The van der Waals surface area contributed by atoms with Gasteiger partial charge in [0.05, 0.1) is 69.4 Å². The van der Waals surface area contributed by atoms with Crippen LogP contribution in [0.25, 0.3) is 0 Å². The molecule has 0 aliphatic carbocycles. The first-order valence-corrected chi connectivity index (χ1v) is 12.8. The summed E-state index contributed by atoms with van der Waals surface area (Å²) in [6, 6.07) is 6.17. The number of hydrogen-bond donors (Lipinski definition) is 0. The number of allylic oxidation sites excluding steroid dienone is 1. The minimum atomic E-state index is -0.622. The summed E-state index contributed by atoms with van der Waals surface area (Å²) in [6.07, 6.45) is 1.28. The van der Waals surface area contributed by atoms with Gasteiger partial charge < -0.3 is 28.4 Å². The third-order valence-electron chi connectivity index (χ3n) is 6.24. The van der Waals surface area contributed by atoms with Crippen LogP contribution in [0.1, 0.15) is 20.7 Å². The van der Waals surface area contributed by atoms with Gasteiger partial charge in [-0.05, 0) is 24.3 Å². The Morgan fingerprint density at radius 1 is 0.700 bits per heavy atom. The van der Waals surface area contributed by atoms with Crippen molar-refractivity contribution >= 4 is 11.9 Å². The van der Waals surface area contributed by atoms with Gasteiger partial charge in [0, 0.05) is 0 Å². The number of carbonyl (C=O) groups excluding carboxylic acids is 2. The quantitative estimate of drug-likeness (QED) is 0.177. The highest BCUT2D eigenvalue weighted by Gasteiger charge is 2.29. The maximum Gasteiger partial charge on any atom is 0.338 e. The molecule has 4 saturated heterocycles. The van der Waals surface area contributed by atoms with Crippen molar-refractivity contribution in [3.8, 4) is 0 Å². The van der Waals surface area contributed by atoms with Gasteiger partial charge in [-0.1, -0.05) is 6.08 Å². The summed E-state index contributed by atoms with van der Waals surface area (Å²) in [5, 5.41) is 0. The first-order valence-electron chi connectivity index (χ1n) is 12.8. The average molecular weight is 560 g/mol. The molecule has 0 bridgehead atoms. The molecule has 1 aromatic carbocycles. The largest absolute Gasteiger partial charge is 0.459 e. The number of hydrogen-bond acceptors (Lipinski definition) is 11. The number of esters is 2. The Labute approximate surface area is 227 Å². The van der Waals surface area contributed by atoms with E-state index < -0.39 is 29.0 Å². The van der Waals surface area contributed by atoms with Gasteiger partial charge in [0.15, 0.2) is 0 Å². The average Bonchev–Trinajstić information content (AvgIpc) is 3.79. The van der Waals surface area contributed by atoms with E-state index in [1.165, 1.54) is 6.08 Å². The molecule has 0 saturated carbocycles. The molecule has 5 heterocycles. The fraction of sp³-hybridized carbons (Fsp3) is 0.500. The van der Waals surface area contributed by atoms with E-state index in [0.717, 1.165) is 13.7 Å². The normalized spacial score (nSPS) is 23.3. The van der Waals surface area contributed by atoms with Crippen molar-refractivity contribution in [1.29, 1.82) is 0 Å². The molecule has 4 unspecified atom stereocenters. The molecule has 0 N–H and O–H groups in total. The summed E-state index contributed by atoms with van der Waals surface area (Å²) in [5.41, 5.74) is -1.06.